The average Bonchev–Trinajstić information content (AvgIpc) is 3.34. The predicted molar refractivity (Wildman–Crippen MR) is 114 cm³/mol. The van der Waals surface area contributed by atoms with Crippen molar-refractivity contribution in [1.29, 1.82) is 0 Å². The number of alkyl halides is 6. The Morgan fingerprint density at radius 2 is 1.66 bits per heavy atom. The Morgan fingerprint density at radius 3 is 2.20 bits per heavy atom. The van der Waals surface area contributed by atoms with Gasteiger partial charge in [0.25, 0.3) is 0 Å². The van der Waals surface area contributed by atoms with Crippen LogP contribution in [0, 0.1) is 0 Å². The first-order valence-corrected chi connectivity index (χ1v) is 10.7. The summed E-state index contributed by atoms with van der Waals surface area (Å²) in [6.07, 6.45) is -10.6. The molecule has 1 aliphatic rings. The first-order chi connectivity index (χ1) is 16.4. The van der Waals surface area contributed by atoms with Crippen molar-refractivity contribution >= 4 is 5.95 Å². The number of H-pyrrole nitrogens is 1. The monoisotopic (exact) mass is 501 g/mol. The number of aromatic amines is 1. The summed E-state index contributed by atoms with van der Waals surface area (Å²) in [5.74, 6) is 0.446. The van der Waals surface area contributed by atoms with Gasteiger partial charge in [0.2, 0.25) is 6.29 Å². The summed E-state index contributed by atoms with van der Waals surface area (Å²) in [7, 11) is 1.87. The molecule has 0 amide bonds. The van der Waals surface area contributed by atoms with Crippen LogP contribution >= 0.6 is 0 Å². The highest BCUT2D eigenvalue weighted by Crippen LogP contribution is 2.42. The lowest BCUT2D eigenvalue weighted by Crippen LogP contribution is -2.60. The highest BCUT2D eigenvalue weighted by Gasteiger charge is 2.49. The SMILES string of the molecule is C[C@@H](O[C@H]1OCC[N+](C)(c2nc[nH]n2)[C@H]1c1ccccc1)c1cc(C(F)(F)F)cc(C(F)(F)F)c1. The van der Waals surface area contributed by atoms with Gasteiger partial charge in [-0.3, -0.25) is 5.10 Å². The number of benzene rings is 2. The molecule has 1 saturated heterocycles. The van der Waals surface area contributed by atoms with Crippen LogP contribution in [0.25, 0.3) is 0 Å². The highest BCUT2D eigenvalue weighted by atomic mass is 19.4. The number of nitrogens with one attached hydrogen (secondary N) is 1. The van der Waals surface area contributed by atoms with E-state index in [2.05, 4.69) is 15.2 Å². The summed E-state index contributed by atoms with van der Waals surface area (Å²) >= 11 is 0. The highest BCUT2D eigenvalue weighted by molar-refractivity contribution is 5.35. The maximum absolute atomic E-state index is 13.3. The molecule has 0 saturated carbocycles. The van der Waals surface area contributed by atoms with Crippen LogP contribution in [0.3, 0.4) is 0 Å². The zero-order valence-electron chi connectivity index (χ0n) is 18.8. The lowest BCUT2D eigenvalue weighted by atomic mass is 9.99. The Labute approximate surface area is 197 Å². The molecule has 2 aromatic carbocycles. The Hall–Kier alpha value is -2.96. The van der Waals surface area contributed by atoms with E-state index in [-0.39, 0.29) is 22.7 Å². The molecule has 1 aromatic heterocycles. The van der Waals surface area contributed by atoms with Gasteiger partial charge < -0.3 is 9.47 Å². The molecule has 4 rings (SSSR count). The Bertz CT molecular complexity index is 1100. The largest absolute Gasteiger partial charge is 0.416 e. The van der Waals surface area contributed by atoms with Gasteiger partial charge in [-0.25, -0.2) is 4.48 Å². The van der Waals surface area contributed by atoms with Crippen LogP contribution in [0.5, 0.6) is 0 Å². The van der Waals surface area contributed by atoms with Crippen molar-refractivity contribution in [3.05, 3.63) is 77.1 Å². The smallest absolute Gasteiger partial charge is 0.341 e. The van der Waals surface area contributed by atoms with E-state index in [0.29, 0.717) is 24.6 Å². The van der Waals surface area contributed by atoms with Crippen LogP contribution in [0.15, 0.2) is 54.9 Å². The molecule has 4 atom stereocenters. The molecule has 188 valence electrons. The molecule has 35 heavy (non-hydrogen) atoms. The van der Waals surface area contributed by atoms with Crippen LogP contribution < -0.4 is 4.48 Å². The van der Waals surface area contributed by atoms with Crippen molar-refractivity contribution in [3.63, 3.8) is 0 Å². The summed E-state index contributed by atoms with van der Waals surface area (Å²) in [6.45, 7) is 2.07. The van der Waals surface area contributed by atoms with Crippen LogP contribution in [0.2, 0.25) is 0 Å². The molecule has 6 nitrogen and oxygen atoms in total. The Balaban J connectivity index is 1.72. The number of hydrogen-bond acceptors (Lipinski definition) is 4. The van der Waals surface area contributed by atoms with Crippen molar-refractivity contribution < 1.29 is 35.8 Å². The quantitative estimate of drug-likeness (QED) is 0.362. The summed E-state index contributed by atoms with van der Waals surface area (Å²) in [5.41, 5.74) is -2.27. The topological polar surface area (TPSA) is 60.0 Å². The number of likely N-dealkylation sites (N-methyl/N-ethyl adjacent to an activating group) is 1. The van der Waals surface area contributed by atoms with Gasteiger partial charge in [-0.2, -0.15) is 31.3 Å². The zero-order valence-corrected chi connectivity index (χ0v) is 18.8. The normalized spacial score (nSPS) is 24.3. The fourth-order valence-electron chi connectivity index (χ4n) is 4.27. The van der Waals surface area contributed by atoms with Gasteiger partial charge in [0.05, 0.1) is 30.9 Å². The molecule has 1 unspecified atom stereocenters. The van der Waals surface area contributed by atoms with Crippen LogP contribution in [-0.2, 0) is 21.8 Å². The van der Waals surface area contributed by atoms with Gasteiger partial charge in [-0.15, -0.1) is 0 Å². The minimum atomic E-state index is -4.95. The number of morpholine rings is 1. The van der Waals surface area contributed by atoms with Gasteiger partial charge in [0, 0.05) is 5.56 Å². The van der Waals surface area contributed by atoms with Crippen LogP contribution in [-0.4, -0.2) is 41.7 Å². The molecular formula is C23H23F6N4O2+. The molecule has 0 spiro atoms. The van der Waals surface area contributed by atoms with Crippen molar-refractivity contribution in [2.24, 2.45) is 0 Å². The van der Waals surface area contributed by atoms with Crippen molar-refractivity contribution in [3.8, 4) is 0 Å². The molecule has 0 bridgehead atoms. The second-order valence-electron chi connectivity index (χ2n) is 8.50. The number of ether oxygens (including phenoxy) is 2. The number of hydrogen-bond donors (Lipinski definition) is 1. The molecule has 12 heteroatoms. The number of quaternary nitrogens is 1. The molecule has 1 N–H and O–H groups in total. The summed E-state index contributed by atoms with van der Waals surface area (Å²) < 4.78 is 92.2. The average molecular weight is 501 g/mol. The van der Waals surface area contributed by atoms with Gasteiger partial charge in [0.1, 0.15) is 12.9 Å². The van der Waals surface area contributed by atoms with Crippen molar-refractivity contribution in [1.82, 2.24) is 19.7 Å². The Kier molecular flexibility index (Phi) is 6.64. The third-order valence-corrected chi connectivity index (χ3v) is 6.13. The third-order valence-electron chi connectivity index (χ3n) is 6.13. The molecule has 0 aliphatic carbocycles. The predicted octanol–water partition coefficient (Wildman–Crippen LogP) is 5.65. The number of aromatic nitrogens is 3. The number of nitrogens with zero attached hydrogens (tertiary/aromatic N) is 3. The standard InChI is InChI=1S/C23H23F6N4O2/c1-14(16-10-17(22(24,25)26)12-18(11-16)23(27,28)29)35-20-19(15-6-4-3-5-7-15)33(2,8-9-34-20)21-30-13-31-32-21/h3-7,10-14,19-20H,8-9H2,1-2H3,(H,30,31,32)/q+1/t14-,19+,20-,33?/m1/s1. The van der Waals surface area contributed by atoms with Gasteiger partial charge in [-0.1, -0.05) is 35.4 Å². The van der Waals surface area contributed by atoms with E-state index in [1.165, 1.54) is 13.3 Å². The van der Waals surface area contributed by atoms with E-state index in [9.17, 15) is 26.3 Å². The fourth-order valence-corrected chi connectivity index (χ4v) is 4.27. The minimum absolute atomic E-state index is 0.0945. The van der Waals surface area contributed by atoms with Crippen LogP contribution in [0.4, 0.5) is 32.3 Å². The van der Waals surface area contributed by atoms with E-state index in [1.54, 1.807) is 0 Å². The number of rotatable bonds is 5. The van der Waals surface area contributed by atoms with E-state index in [1.807, 2.05) is 37.4 Å². The van der Waals surface area contributed by atoms with E-state index in [4.69, 9.17) is 9.47 Å². The van der Waals surface area contributed by atoms with Gasteiger partial charge >= 0.3 is 18.3 Å². The lowest BCUT2D eigenvalue weighted by Gasteiger charge is -2.45. The molecule has 3 aromatic rings. The van der Waals surface area contributed by atoms with E-state index in [0.717, 1.165) is 5.56 Å². The second kappa shape index (κ2) is 9.25. The summed E-state index contributed by atoms with van der Waals surface area (Å²) in [6, 6.07) is 10.0. The second-order valence-corrected chi connectivity index (χ2v) is 8.50. The van der Waals surface area contributed by atoms with Crippen LogP contribution in [0.1, 0.15) is 41.3 Å². The number of halogens is 6. The fraction of sp³-hybridized carbons (Fsp3) is 0.391. The lowest BCUT2D eigenvalue weighted by molar-refractivity contribution is -0.224. The molecule has 2 heterocycles. The first kappa shape index (κ1) is 25.1. The molecule has 0 radical (unpaired) electrons. The molecular weight excluding hydrogens is 478 g/mol. The summed E-state index contributed by atoms with van der Waals surface area (Å²) in [4.78, 5) is 4.28. The summed E-state index contributed by atoms with van der Waals surface area (Å²) in [5, 5.41) is 6.89. The maximum atomic E-state index is 13.3. The van der Waals surface area contributed by atoms with E-state index >= 15 is 0 Å². The van der Waals surface area contributed by atoms with Crippen molar-refractivity contribution in [2.45, 2.75) is 37.7 Å². The van der Waals surface area contributed by atoms with Crippen molar-refractivity contribution in [2.75, 3.05) is 20.2 Å². The Morgan fingerprint density at radius 1 is 1.03 bits per heavy atom. The maximum Gasteiger partial charge on any atom is 0.416 e. The van der Waals surface area contributed by atoms with E-state index < -0.39 is 41.9 Å². The van der Waals surface area contributed by atoms with Gasteiger partial charge in [-0.05, 0) is 30.7 Å². The molecule has 1 aliphatic heterocycles. The third kappa shape index (κ3) is 5.19. The zero-order chi connectivity index (χ0) is 25.4. The minimum Gasteiger partial charge on any atom is -0.341 e. The first-order valence-electron chi connectivity index (χ1n) is 10.7. The van der Waals surface area contributed by atoms with Gasteiger partial charge in [0.15, 0.2) is 6.04 Å². The molecule has 1 fully saturated rings.